The maximum Gasteiger partial charge on any atom is 0.341 e. The summed E-state index contributed by atoms with van der Waals surface area (Å²) in [5.74, 6) is 0.513. The van der Waals surface area contributed by atoms with Crippen molar-refractivity contribution in [3.8, 4) is 23.0 Å². The second kappa shape index (κ2) is 5.83. The van der Waals surface area contributed by atoms with E-state index in [2.05, 4.69) is 0 Å². The van der Waals surface area contributed by atoms with Crippen LogP contribution < -0.4 is 18.9 Å². The third-order valence-electron chi connectivity index (χ3n) is 2.02. The molecule has 0 radical (unpaired) electrons. The zero-order valence-corrected chi connectivity index (χ0v) is 9.85. The summed E-state index contributed by atoms with van der Waals surface area (Å²) in [6, 6.07) is 3.08. The Morgan fingerprint density at radius 2 is 1.41 bits per heavy atom. The Kier molecular flexibility index (Phi) is 4.45. The summed E-state index contributed by atoms with van der Waals surface area (Å²) in [6.07, 6.45) is 0. The topological polar surface area (TPSA) is 74.2 Å². The largest absolute Gasteiger partial charge is 0.493 e. The molecule has 0 bridgehead atoms. The van der Waals surface area contributed by atoms with Gasteiger partial charge in [0.25, 0.3) is 0 Å². The number of methoxy groups -OCH3 is 3. The molecule has 0 heterocycles. The molecule has 1 aromatic carbocycles. The average molecular weight is 242 g/mol. The van der Waals surface area contributed by atoms with Gasteiger partial charge >= 0.3 is 5.97 Å². The molecule has 94 valence electrons. The van der Waals surface area contributed by atoms with E-state index < -0.39 is 12.6 Å². The van der Waals surface area contributed by atoms with Gasteiger partial charge < -0.3 is 24.1 Å². The fourth-order valence-electron chi connectivity index (χ4n) is 1.25. The summed E-state index contributed by atoms with van der Waals surface area (Å²) >= 11 is 0. The second-order valence-corrected chi connectivity index (χ2v) is 3.04. The minimum Gasteiger partial charge on any atom is -0.493 e. The average Bonchev–Trinajstić information content (AvgIpc) is 2.34. The highest BCUT2D eigenvalue weighted by Crippen LogP contribution is 2.39. The second-order valence-electron chi connectivity index (χ2n) is 3.04. The van der Waals surface area contributed by atoms with Crippen molar-refractivity contribution in [3.63, 3.8) is 0 Å². The van der Waals surface area contributed by atoms with Crippen LogP contribution in [0.2, 0.25) is 0 Å². The van der Waals surface area contributed by atoms with Crippen LogP contribution in [0.3, 0.4) is 0 Å². The number of carbonyl (C=O) groups is 1. The van der Waals surface area contributed by atoms with Crippen LogP contribution in [0.1, 0.15) is 0 Å². The molecule has 1 aromatic rings. The van der Waals surface area contributed by atoms with E-state index in [-0.39, 0.29) is 5.75 Å². The number of carboxylic acid groups (broad SMARTS) is 1. The van der Waals surface area contributed by atoms with Crippen LogP contribution in [0.4, 0.5) is 0 Å². The Hall–Kier alpha value is -2.11. The Morgan fingerprint density at radius 1 is 1.00 bits per heavy atom. The van der Waals surface area contributed by atoms with E-state index in [1.165, 1.54) is 27.4 Å². The van der Waals surface area contributed by atoms with Crippen molar-refractivity contribution >= 4 is 5.97 Å². The van der Waals surface area contributed by atoms with E-state index in [0.29, 0.717) is 17.2 Å². The first-order valence-corrected chi connectivity index (χ1v) is 4.77. The SMILES string of the molecule is COc1cc(OC)c(OCC(=O)O)cc1OC. The van der Waals surface area contributed by atoms with Gasteiger partial charge in [0.1, 0.15) is 0 Å². The molecule has 0 aliphatic rings. The summed E-state index contributed by atoms with van der Waals surface area (Å²) in [4.78, 5) is 10.4. The predicted octanol–water partition coefficient (Wildman–Crippen LogP) is 1.18. The summed E-state index contributed by atoms with van der Waals surface area (Å²) in [7, 11) is 4.43. The van der Waals surface area contributed by atoms with Gasteiger partial charge in [-0.1, -0.05) is 0 Å². The lowest BCUT2D eigenvalue weighted by Gasteiger charge is -2.13. The number of carboxylic acids is 1. The maximum atomic E-state index is 10.4. The van der Waals surface area contributed by atoms with E-state index >= 15 is 0 Å². The van der Waals surface area contributed by atoms with Crippen LogP contribution in [0.15, 0.2) is 12.1 Å². The number of ether oxygens (including phenoxy) is 4. The molecule has 0 spiro atoms. The molecule has 0 fully saturated rings. The normalized spacial score (nSPS) is 9.59. The van der Waals surface area contributed by atoms with E-state index in [1.807, 2.05) is 0 Å². The van der Waals surface area contributed by atoms with E-state index in [0.717, 1.165) is 0 Å². The van der Waals surface area contributed by atoms with Crippen molar-refractivity contribution in [3.05, 3.63) is 12.1 Å². The Morgan fingerprint density at radius 3 is 1.82 bits per heavy atom. The third-order valence-corrected chi connectivity index (χ3v) is 2.02. The van der Waals surface area contributed by atoms with Crippen LogP contribution >= 0.6 is 0 Å². The third kappa shape index (κ3) is 3.17. The molecule has 6 heteroatoms. The van der Waals surface area contributed by atoms with Crippen molar-refractivity contribution in [2.45, 2.75) is 0 Å². The van der Waals surface area contributed by atoms with Gasteiger partial charge in [-0.3, -0.25) is 0 Å². The fraction of sp³-hybridized carbons (Fsp3) is 0.364. The van der Waals surface area contributed by atoms with Crippen LogP contribution in [0.5, 0.6) is 23.0 Å². The van der Waals surface area contributed by atoms with Gasteiger partial charge in [-0.05, 0) is 0 Å². The molecular formula is C11H14O6. The molecule has 1 N–H and O–H groups in total. The van der Waals surface area contributed by atoms with E-state index in [1.54, 1.807) is 6.07 Å². The van der Waals surface area contributed by atoms with E-state index in [4.69, 9.17) is 24.1 Å². The van der Waals surface area contributed by atoms with Crippen molar-refractivity contribution in [1.29, 1.82) is 0 Å². The van der Waals surface area contributed by atoms with Gasteiger partial charge in [-0.25, -0.2) is 4.79 Å². The van der Waals surface area contributed by atoms with Gasteiger partial charge in [0.15, 0.2) is 29.6 Å². The standard InChI is InChI=1S/C11H14O6/c1-14-7-4-9(16-3)10(5-8(7)15-2)17-6-11(12)13/h4-5H,6H2,1-3H3,(H,12,13). The van der Waals surface area contributed by atoms with Crippen molar-refractivity contribution in [2.75, 3.05) is 27.9 Å². The highest BCUT2D eigenvalue weighted by Gasteiger charge is 2.13. The summed E-state index contributed by atoms with van der Waals surface area (Å²) < 4.78 is 20.3. The molecule has 0 unspecified atom stereocenters. The van der Waals surface area contributed by atoms with Crippen molar-refractivity contribution in [2.24, 2.45) is 0 Å². The maximum absolute atomic E-state index is 10.4. The summed E-state index contributed by atoms with van der Waals surface area (Å²) in [6.45, 7) is -0.453. The molecule has 0 aliphatic heterocycles. The zero-order chi connectivity index (χ0) is 12.8. The Balaban J connectivity index is 3.05. The number of hydrogen-bond acceptors (Lipinski definition) is 5. The van der Waals surface area contributed by atoms with Crippen LogP contribution in [0.25, 0.3) is 0 Å². The highest BCUT2D eigenvalue weighted by atomic mass is 16.5. The quantitative estimate of drug-likeness (QED) is 0.807. The molecule has 0 aromatic heterocycles. The molecule has 0 atom stereocenters. The lowest BCUT2D eigenvalue weighted by atomic mass is 10.2. The molecule has 0 aliphatic carbocycles. The van der Waals surface area contributed by atoms with Gasteiger partial charge in [0.05, 0.1) is 21.3 Å². The Labute approximate surface area is 98.7 Å². The molecule has 0 saturated heterocycles. The summed E-state index contributed by atoms with van der Waals surface area (Å²) in [5, 5.41) is 8.54. The van der Waals surface area contributed by atoms with Crippen LogP contribution in [0, 0.1) is 0 Å². The fourth-order valence-corrected chi connectivity index (χ4v) is 1.25. The van der Waals surface area contributed by atoms with Crippen LogP contribution in [-0.2, 0) is 4.79 Å². The smallest absolute Gasteiger partial charge is 0.341 e. The van der Waals surface area contributed by atoms with Gasteiger partial charge in [-0.2, -0.15) is 0 Å². The van der Waals surface area contributed by atoms with Gasteiger partial charge in [0, 0.05) is 12.1 Å². The molecule has 0 amide bonds. The highest BCUT2D eigenvalue weighted by molar-refractivity contribution is 5.69. The first-order chi connectivity index (χ1) is 8.12. The monoisotopic (exact) mass is 242 g/mol. The molecule has 17 heavy (non-hydrogen) atoms. The molecule has 1 rings (SSSR count). The molecule has 0 saturated carbocycles. The first kappa shape index (κ1) is 13.0. The zero-order valence-electron chi connectivity index (χ0n) is 9.85. The molecular weight excluding hydrogens is 228 g/mol. The van der Waals surface area contributed by atoms with E-state index in [9.17, 15) is 4.79 Å². The number of hydrogen-bond donors (Lipinski definition) is 1. The Bertz CT molecular complexity index is 401. The number of benzene rings is 1. The van der Waals surface area contributed by atoms with Crippen LogP contribution in [-0.4, -0.2) is 39.0 Å². The predicted molar refractivity (Wildman–Crippen MR) is 59.2 cm³/mol. The van der Waals surface area contributed by atoms with Crippen molar-refractivity contribution in [1.82, 2.24) is 0 Å². The van der Waals surface area contributed by atoms with Crippen molar-refractivity contribution < 1.29 is 28.8 Å². The minimum absolute atomic E-state index is 0.285. The number of rotatable bonds is 6. The summed E-state index contributed by atoms with van der Waals surface area (Å²) in [5.41, 5.74) is 0. The van der Waals surface area contributed by atoms with Gasteiger partial charge in [0.2, 0.25) is 0 Å². The lowest BCUT2D eigenvalue weighted by Crippen LogP contribution is -2.10. The first-order valence-electron chi connectivity index (χ1n) is 4.77. The van der Waals surface area contributed by atoms with Gasteiger partial charge in [-0.15, -0.1) is 0 Å². The minimum atomic E-state index is -1.07. The molecule has 6 nitrogen and oxygen atoms in total. The lowest BCUT2D eigenvalue weighted by molar-refractivity contribution is -0.139. The number of aliphatic carboxylic acids is 1.